The van der Waals surface area contributed by atoms with Crippen LogP contribution in [0.5, 0.6) is 0 Å². The second kappa shape index (κ2) is 6.72. The molecule has 25 heavy (non-hydrogen) atoms. The van der Waals surface area contributed by atoms with Gasteiger partial charge in [0, 0.05) is 24.3 Å². The summed E-state index contributed by atoms with van der Waals surface area (Å²) in [6.07, 6.45) is -0.187. The maximum absolute atomic E-state index is 12.1. The second-order valence-electron chi connectivity index (χ2n) is 6.34. The minimum absolute atomic E-state index is 0.0389. The van der Waals surface area contributed by atoms with Crippen LogP contribution in [-0.4, -0.2) is 54.9 Å². The number of cyclic esters (lactones) is 1. The van der Waals surface area contributed by atoms with Gasteiger partial charge in [-0.3, -0.25) is 14.5 Å². The molecule has 1 saturated heterocycles. The maximum Gasteiger partial charge on any atom is 0.414 e. The number of nitrogens with zero attached hydrogens (tertiary/aromatic N) is 2. The van der Waals surface area contributed by atoms with Crippen molar-refractivity contribution < 1.29 is 24.2 Å². The predicted octanol–water partition coefficient (Wildman–Crippen LogP) is 0.418. The molecular weight excluding hydrogens is 326 g/mol. The SMILES string of the molecule is CC(=O)NC[C@H]1CN(c2ccc3c(c2)C[C@@H](C)N3C(=O)CO)C(=O)O1. The van der Waals surface area contributed by atoms with E-state index >= 15 is 0 Å². The second-order valence-corrected chi connectivity index (χ2v) is 6.34. The van der Waals surface area contributed by atoms with Crippen molar-refractivity contribution in [2.45, 2.75) is 32.4 Å². The van der Waals surface area contributed by atoms with Crippen LogP contribution >= 0.6 is 0 Å². The van der Waals surface area contributed by atoms with Gasteiger partial charge in [-0.15, -0.1) is 0 Å². The van der Waals surface area contributed by atoms with E-state index in [9.17, 15) is 14.4 Å². The van der Waals surface area contributed by atoms with E-state index in [1.807, 2.05) is 13.0 Å². The molecule has 0 radical (unpaired) electrons. The number of ether oxygens (including phenoxy) is 1. The van der Waals surface area contributed by atoms with Gasteiger partial charge in [0.1, 0.15) is 12.7 Å². The zero-order valence-electron chi connectivity index (χ0n) is 14.2. The summed E-state index contributed by atoms with van der Waals surface area (Å²) in [5, 5.41) is 11.8. The van der Waals surface area contributed by atoms with Crippen LogP contribution in [-0.2, 0) is 20.7 Å². The first kappa shape index (κ1) is 17.2. The zero-order chi connectivity index (χ0) is 18.1. The number of hydrogen-bond acceptors (Lipinski definition) is 5. The summed E-state index contributed by atoms with van der Waals surface area (Å²) in [7, 11) is 0. The van der Waals surface area contributed by atoms with Crippen molar-refractivity contribution >= 4 is 29.3 Å². The van der Waals surface area contributed by atoms with Crippen molar-refractivity contribution in [1.29, 1.82) is 0 Å². The lowest BCUT2D eigenvalue weighted by Gasteiger charge is -2.22. The van der Waals surface area contributed by atoms with Gasteiger partial charge < -0.3 is 20.1 Å². The van der Waals surface area contributed by atoms with Gasteiger partial charge in [-0.25, -0.2) is 4.79 Å². The minimum Gasteiger partial charge on any atom is -0.442 e. The van der Waals surface area contributed by atoms with Crippen molar-refractivity contribution in [3.63, 3.8) is 0 Å². The monoisotopic (exact) mass is 347 g/mol. The van der Waals surface area contributed by atoms with Gasteiger partial charge in [0.15, 0.2) is 0 Å². The van der Waals surface area contributed by atoms with Crippen LogP contribution in [0.15, 0.2) is 18.2 Å². The van der Waals surface area contributed by atoms with E-state index in [0.717, 1.165) is 11.3 Å². The van der Waals surface area contributed by atoms with Crippen molar-refractivity contribution in [3.05, 3.63) is 23.8 Å². The Bertz CT molecular complexity index is 720. The highest BCUT2D eigenvalue weighted by Gasteiger charge is 2.35. The highest BCUT2D eigenvalue weighted by Crippen LogP contribution is 2.36. The molecule has 2 aliphatic rings. The number of amides is 3. The first-order valence-electron chi connectivity index (χ1n) is 8.19. The molecule has 3 amide bonds. The van der Waals surface area contributed by atoms with Crippen molar-refractivity contribution in [2.75, 3.05) is 29.5 Å². The molecule has 2 N–H and O–H groups in total. The molecule has 0 saturated carbocycles. The lowest BCUT2D eigenvalue weighted by Crippen LogP contribution is -2.37. The van der Waals surface area contributed by atoms with Gasteiger partial charge >= 0.3 is 6.09 Å². The molecule has 1 aromatic carbocycles. The lowest BCUT2D eigenvalue weighted by atomic mass is 10.1. The Morgan fingerprint density at radius 2 is 2.16 bits per heavy atom. The smallest absolute Gasteiger partial charge is 0.414 e. The number of nitrogens with one attached hydrogen (secondary N) is 1. The third-order valence-corrected chi connectivity index (χ3v) is 4.45. The molecular formula is C17H21N3O5. The third-order valence-electron chi connectivity index (χ3n) is 4.45. The molecule has 0 aliphatic carbocycles. The van der Waals surface area contributed by atoms with Gasteiger partial charge in [0.25, 0.3) is 5.91 Å². The first-order valence-corrected chi connectivity index (χ1v) is 8.19. The Balaban J connectivity index is 1.77. The van der Waals surface area contributed by atoms with Crippen LogP contribution in [0.1, 0.15) is 19.4 Å². The average molecular weight is 347 g/mol. The highest BCUT2D eigenvalue weighted by molar-refractivity contribution is 5.98. The first-order chi connectivity index (χ1) is 11.9. The molecule has 8 heteroatoms. The van der Waals surface area contributed by atoms with Crippen LogP contribution in [0, 0.1) is 0 Å². The highest BCUT2D eigenvalue weighted by atomic mass is 16.6. The minimum atomic E-state index is -0.533. The summed E-state index contributed by atoms with van der Waals surface area (Å²) in [5.74, 6) is -0.510. The van der Waals surface area contributed by atoms with Crippen LogP contribution in [0.25, 0.3) is 0 Å². The standard InChI is InChI=1S/C17H21N3O5/c1-10-5-12-6-13(3-4-15(12)20(10)16(23)9-21)19-8-14(25-17(19)24)7-18-11(2)22/h3-4,6,10,14,21H,5,7-9H2,1-2H3,(H,18,22)/t10-,14+/m1/s1. The zero-order valence-corrected chi connectivity index (χ0v) is 14.2. The average Bonchev–Trinajstić information content (AvgIpc) is 3.10. The summed E-state index contributed by atoms with van der Waals surface area (Å²) < 4.78 is 5.27. The summed E-state index contributed by atoms with van der Waals surface area (Å²) in [5.41, 5.74) is 2.40. The molecule has 2 heterocycles. The molecule has 3 rings (SSSR count). The molecule has 1 fully saturated rings. The van der Waals surface area contributed by atoms with Crippen LogP contribution in [0.4, 0.5) is 16.2 Å². The molecule has 0 spiro atoms. The molecule has 0 unspecified atom stereocenters. The predicted molar refractivity (Wildman–Crippen MR) is 90.5 cm³/mol. The van der Waals surface area contributed by atoms with Crippen LogP contribution < -0.4 is 15.1 Å². The number of aliphatic hydroxyl groups is 1. The van der Waals surface area contributed by atoms with Gasteiger partial charge in [0.2, 0.25) is 5.91 Å². The van der Waals surface area contributed by atoms with Crippen LogP contribution in [0.2, 0.25) is 0 Å². The number of benzene rings is 1. The fraction of sp³-hybridized carbons (Fsp3) is 0.471. The largest absolute Gasteiger partial charge is 0.442 e. The van der Waals surface area contributed by atoms with Crippen molar-refractivity contribution in [3.8, 4) is 0 Å². The van der Waals surface area contributed by atoms with Gasteiger partial charge in [0.05, 0.1) is 13.1 Å². The fourth-order valence-electron chi connectivity index (χ4n) is 3.34. The summed E-state index contributed by atoms with van der Waals surface area (Å²) >= 11 is 0. The van der Waals surface area contributed by atoms with E-state index in [4.69, 9.17) is 9.84 Å². The number of fused-ring (bicyclic) bond motifs is 1. The molecule has 2 atom stereocenters. The Kier molecular flexibility index (Phi) is 4.63. The molecule has 0 bridgehead atoms. The Morgan fingerprint density at radius 1 is 1.40 bits per heavy atom. The summed E-state index contributed by atoms with van der Waals surface area (Å²) in [6.45, 7) is 3.43. The number of carbonyl (C=O) groups is 3. The van der Waals surface area contributed by atoms with E-state index in [2.05, 4.69) is 5.32 Å². The number of anilines is 2. The number of aliphatic hydroxyl groups excluding tert-OH is 1. The summed E-state index contributed by atoms with van der Waals surface area (Å²) in [6, 6.07) is 5.38. The number of carbonyl (C=O) groups excluding carboxylic acids is 3. The molecule has 0 aromatic heterocycles. The normalized spacial score (nSPS) is 22.0. The van der Waals surface area contributed by atoms with E-state index in [1.54, 1.807) is 17.0 Å². The molecule has 2 aliphatic heterocycles. The molecule has 1 aromatic rings. The van der Waals surface area contributed by atoms with Crippen molar-refractivity contribution in [2.24, 2.45) is 0 Å². The third kappa shape index (κ3) is 3.30. The van der Waals surface area contributed by atoms with E-state index in [1.165, 1.54) is 11.8 Å². The van der Waals surface area contributed by atoms with Gasteiger partial charge in [-0.2, -0.15) is 0 Å². The van der Waals surface area contributed by atoms with Crippen molar-refractivity contribution in [1.82, 2.24) is 5.32 Å². The summed E-state index contributed by atoms with van der Waals surface area (Å²) in [4.78, 5) is 38.1. The lowest BCUT2D eigenvalue weighted by molar-refractivity contribution is -0.121. The maximum atomic E-state index is 12.1. The van der Waals surface area contributed by atoms with Gasteiger partial charge in [-0.1, -0.05) is 0 Å². The van der Waals surface area contributed by atoms with Gasteiger partial charge in [-0.05, 0) is 37.1 Å². The number of rotatable bonds is 4. The van der Waals surface area contributed by atoms with Crippen LogP contribution in [0.3, 0.4) is 0 Å². The fourth-order valence-corrected chi connectivity index (χ4v) is 3.34. The topological polar surface area (TPSA) is 99.2 Å². The molecule has 134 valence electrons. The van der Waals surface area contributed by atoms with E-state index in [-0.39, 0.29) is 24.4 Å². The molecule has 8 nitrogen and oxygen atoms in total. The Labute approximate surface area is 145 Å². The van der Waals surface area contributed by atoms with E-state index < -0.39 is 18.8 Å². The quantitative estimate of drug-likeness (QED) is 0.822. The Hall–Kier alpha value is -2.61. The number of hydrogen-bond donors (Lipinski definition) is 2. The van der Waals surface area contributed by atoms with E-state index in [0.29, 0.717) is 18.7 Å². The Morgan fingerprint density at radius 3 is 2.84 bits per heavy atom.